The number of likely N-dealkylation sites (N-methyl/N-ethyl adjacent to an activating group) is 1. The van der Waals surface area contributed by atoms with Crippen molar-refractivity contribution in [2.45, 2.75) is 33.4 Å². The Morgan fingerprint density at radius 2 is 2.24 bits per heavy atom. The van der Waals surface area contributed by atoms with Gasteiger partial charge in [-0.05, 0) is 20.0 Å². The molecule has 0 saturated carbocycles. The number of hydrogen-bond acceptors (Lipinski definition) is 3. The number of imidazole rings is 1. The van der Waals surface area contributed by atoms with E-state index in [1.807, 2.05) is 18.5 Å². The highest BCUT2D eigenvalue weighted by molar-refractivity contribution is 5.27. The van der Waals surface area contributed by atoms with Crippen LogP contribution < -0.4 is 5.32 Å². The van der Waals surface area contributed by atoms with E-state index >= 15 is 0 Å². The Labute approximate surface area is 104 Å². The third kappa shape index (κ3) is 4.23. The largest absolute Gasteiger partial charge is 0.352 e. The van der Waals surface area contributed by atoms with Gasteiger partial charge in [0, 0.05) is 31.5 Å². The molecule has 1 aromatic heterocycles. The van der Waals surface area contributed by atoms with Crippen molar-refractivity contribution in [3.8, 4) is 0 Å². The molecule has 0 spiro atoms. The molecule has 0 bridgehead atoms. The minimum absolute atomic E-state index is 0.390. The zero-order valence-corrected chi connectivity index (χ0v) is 11.2. The van der Waals surface area contributed by atoms with Gasteiger partial charge in [0.15, 0.2) is 0 Å². The lowest BCUT2D eigenvalue weighted by Crippen LogP contribution is -2.35. The fraction of sp³-hybridized carbons (Fsp3) is 0.615. The minimum atomic E-state index is 0.390. The number of nitrogens with zero attached hydrogens (tertiary/aromatic N) is 3. The van der Waals surface area contributed by atoms with Gasteiger partial charge in [-0.15, -0.1) is 6.58 Å². The smallest absolute Gasteiger partial charge is 0.203 e. The fourth-order valence-corrected chi connectivity index (χ4v) is 1.87. The van der Waals surface area contributed by atoms with Crippen molar-refractivity contribution in [2.75, 3.05) is 25.0 Å². The summed E-state index contributed by atoms with van der Waals surface area (Å²) < 4.78 is 2.06. The zero-order chi connectivity index (χ0) is 12.7. The summed E-state index contributed by atoms with van der Waals surface area (Å²) in [7, 11) is 0. The van der Waals surface area contributed by atoms with E-state index in [0.29, 0.717) is 6.04 Å². The van der Waals surface area contributed by atoms with E-state index < -0.39 is 0 Å². The van der Waals surface area contributed by atoms with Crippen LogP contribution >= 0.6 is 0 Å². The van der Waals surface area contributed by atoms with E-state index in [0.717, 1.165) is 32.1 Å². The zero-order valence-electron chi connectivity index (χ0n) is 11.2. The van der Waals surface area contributed by atoms with E-state index in [1.54, 1.807) is 0 Å². The first-order valence-electron chi connectivity index (χ1n) is 6.32. The van der Waals surface area contributed by atoms with Crippen LogP contribution in [0.25, 0.3) is 0 Å². The second kappa shape index (κ2) is 7.12. The predicted molar refractivity (Wildman–Crippen MR) is 73.3 cm³/mol. The molecule has 0 saturated heterocycles. The molecule has 0 aliphatic rings. The lowest BCUT2D eigenvalue weighted by atomic mass is 10.3. The molecule has 0 aliphatic heterocycles. The van der Waals surface area contributed by atoms with Gasteiger partial charge in [0.1, 0.15) is 0 Å². The van der Waals surface area contributed by atoms with Crippen LogP contribution in [0.2, 0.25) is 0 Å². The average Bonchev–Trinajstić information content (AvgIpc) is 2.74. The van der Waals surface area contributed by atoms with Gasteiger partial charge in [-0.2, -0.15) is 0 Å². The maximum Gasteiger partial charge on any atom is 0.203 e. The van der Waals surface area contributed by atoms with Gasteiger partial charge >= 0.3 is 0 Å². The first-order chi connectivity index (χ1) is 8.21. The van der Waals surface area contributed by atoms with E-state index in [4.69, 9.17) is 0 Å². The van der Waals surface area contributed by atoms with Gasteiger partial charge in [-0.3, -0.25) is 0 Å². The average molecular weight is 236 g/mol. The Hall–Kier alpha value is -1.29. The molecule has 17 heavy (non-hydrogen) atoms. The summed E-state index contributed by atoms with van der Waals surface area (Å²) in [5.41, 5.74) is 0. The summed E-state index contributed by atoms with van der Waals surface area (Å²) in [6.07, 6.45) is 5.66. The van der Waals surface area contributed by atoms with Gasteiger partial charge in [0.25, 0.3) is 0 Å². The topological polar surface area (TPSA) is 33.1 Å². The number of aromatic nitrogens is 2. The number of anilines is 1. The van der Waals surface area contributed by atoms with Crippen molar-refractivity contribution in [3.05, 3.63) is 25.0 Å². The number of allylic oxidation sites excluding steroid dienone is 1. The van der Waals surface area contributed by atoms with E-state index in [9.17, 15) is 0 Å². The number of hydrogen-bond donors (Lipinski definition) is 1. The van der Waals surface area contributed by atoms with Crippen LogP contribution in [0.15, 0.2) is 25.0 Å². The summed E-state index contributed by atoms with van der Waals surface area (Å²) in [5, 5.41) is 3.44. The van der Waals surface area contributed by atoms with Crippen molar-refractivity contribution in [1.82, 2.24) is 14.5 Å². The minimum Gasteiger partial charge on any atom is -0.352 e. The second-order valence-electron chi connectivity index (χ2n) is 4.22. The van der Waals surface area contributed by atoms with Crippen LogP contribution in [-0.2, 0) is 6.54 Å². The third-order valence-corrected chi connectivity index (χ3v) is 2.84. The van der Waals surface area contributed by atoms with Crippen LogP contribution in [0, 0.1) is 0 Å². The summed E-state index contributed by atoms with van der Waals surface area (Å²) in [5.74, 6) is 0.921. The molecule has 1 rings (SSSR count). The molecule has 1 heterocycles. The molecule has 0 amide bonds. The predicted octanol–water partition coefficient (Wildman–Crippen LogP) is 2.21. The highest BCUT2D eigenvalue weighted by Gasteiger charge is 2.09. The Bertz CT molecular complexity index is 328. The molecule has 1 atom stereocenters. The van der Waals surface area contributed by atoms with Crippen molar-refractivity contribution in [3.63, 3.8) is 0 Å². The van der Waals surface area contributed by atoms with Crippen LogP contribution in [0.4, 0.5) is 5.95 Å². The molecule has 96 valence electrons. The number of nitrogens with one attached hydrogen (secondary N) is 1. The van der Waals surface area contributed by atoms with Gasteiger partial charge in [-0.1, -0.05) is 19.9 Å². The van der Waals surface area contributed by atoms with Gasteiger partial charge in [-0.25, -0.2) is 4.98 Å². The highest BCUT2D eigenvalue weighted by atomic mass is 15.2. The molecule has 1 unspecified atom stereocenters. The Morgan fingerprint density at radius 3 is 2.82 bits per heavy atom. The first kappa shape index (κ1) is 13.8. The maximum atomic E-state index is 4.32. The van der Waals surface area contributed by atoms with Gasteiger partial charge < -0.3 is 14.8 Å². The Balaban J connectivity index is 2.51. The van der Waals surface area contributed by atoms with Crippen LogP contribution in [-0.4, -0.2) is 40.1 Å². The van der Waals surface area contributed by atoms with Gasteiger partial charge in [0.2, 0.25) is 5.95 Å². The molecule has 4 nitrogen and oxygen atoms in total. The lowest BCUT2D eigenvalue weighted by Gasteiger charge is -2.23. The molecule has 1 aromatic rings. The number of rotatable bonds is 8. The molecule has 0 fully saturated rings. The lowest BCUT2D eigenvalue weighted by molar-refractivity contribution is 0.294. The Morgan fingerprint density at radius 1 is 1.53 bits per heavy atom. The highest BCUT2D eigenvalue weighted by Crippen LogP contribution is 2.07. The standard InChI is InChI=1S/C13H24N4/c1-5-9-17-10-8-14-13(17)15-12(4)11-16(6-2)7-3/h5,8,10,12H,1,6-7,9,11H2,2-4H3,(H,14,15). The molecule has 0 radical (unpaired) electrons. The summed E-state index contributed by atoms with van der Waals surface area (Å²) in [6, 6.07) is 0.390. The Kier molecular flexibility index (Phi) is 5.77. The molecule has 0 aliphatic carbocycles. The maximum absolute atomic E-state index is 4.32. The first-order valence-corrected chi connectivity index (χ1v) is 6.32. The van der Waals surface area contributed by atoms with Gasteiger partial charge in [0.05, 0.1) is 0 Å². The SMILES string of the molecule is C=CCn1ccnc1NC(C)CN(CC)CC. The molecular weight excluding hydrogens is 212 g/mol. The fourth-order valence-electron chi connectivity index (χ4n) is 1.87. The van der Waals surface area contributed by atoms with E-state index in [1.165, 1.54) is 0 Å². The summed E-state index contributed by atoms with van der Waals surface area (Å²) >= 11 is 0. The van der Waals surface area contributed by atoms with Crippen LogP contribution in [0.5, 0.6) is 0 Å². The van der Waals surface area contributed by atoms with Crippen molar-refractivity contribution in [1.29, 1.82) is 0 Å². The molecular formula is C13H24N4. The second-order valence-corrected chi connectivity index (χ2v) is 4.22. The molecule has 1 N–H and O–H groups in total. The molecule has 0 aromatic carbocycles. The molecule has 4 heteroatoms. The van der Waals surface area contributed by atoms with E-state index in [-0.39, 0.29) is 0 Å². The van der Waals surface area contributed by atoms with E-state index in [2.05, 4.69) is 47.1 Å². The van der Waals surface area contributed by atoms with Crippen molar-refractivity contribution >= 4 is 5.95 Å². The van der Waals surface area contributed by atoms with Crippen LogP contribution in [0.1, 0.15) is 20.8 Å². The van der Waals surface area contributed by atoms with Crippen molar-refractivity contribution < 1.29 is 0 Å². The van der Waals surface area contributed by atoms with Crippen LogP contribution in [0.3, 0.4) is 0 Å². The monoisotopic (exact) mass is 236 g/mol. The third-order valence-electron chi connectivity index (χ3n) is 2.84. The quantitative estimate of drug-likeness (QED) is 0.703. The normalized spacial score (nSPS) is 12.7. The van der Waals surface area contributed by atoms with Crippen molar-refractivity contribution in [2.24, 2.45) is 0 Å². The summed E-state index contributed by atoms with van der Waals surface area (Å²) in [6.45, 7) is 14.3. The summed E-state index contributed by atoms with van der Waals surface area (Å²) in [4.78, 5) is 6.72.